The van der Waals surface area contributed by atoms with E-state index in [1.165, 1.54) is 10.9 Å². The first-order chi connectivity index (χ1) is 15.7. The summed E-state index contributed by atoms with van der Waals surface area (Å²) in [4.78, 5) is 12.9. The molecule has 32 heavy (non-hydrogen) atoms. The van der Waals surface area contributed by atoms with E-state index in [0.717, 1.165) is 22.9 Å². The number of nitrogens with zero attached hydrogens (tertiary/aromatic N) is 2. The maximum Gasteiger partial charge on any atom is 0.315 e. The van der Waals surface area contributed by atoms with Crippen LogP contribution in [0.15, 0.2) is 77.4 Å². The molecule has 0 unspecified atom stereocenters. The lowest BCUT2D eigenvalue weighted by Gasteiger charge is -2.09. The van der Waals surface area contributed by atoms with Crippen molar-refractivity contribution >= 4 is 28.9 Å². The molecule has 2 aromatic carbocycles. The SMILES string of the molecule is CCOc1ccc(Nc2cc(Nc3ccc(OCC)cc3)n(C(=O)c3ccco3)n2)cc1. The number of furan rings is 1. The van der Waals surface area contributed by atoms with Crippen molar-refractivity contribution in [3.05, 3.63) is 78.8 Å². The molecule has 8 nitrogen and oxygen atoms in total. The molecule has 2 heterocycles. The third kappa shape index (κ3) is 4.92. The largest absolute Gasteiger partial charge is 0.494 e. The Balaban J connectivity index is 1.60. The molecule has 164 valence electrons. The summed E-state index contributed by atoms with van der Waals surface area (Å²) >= 11 is 0. The lowest BCUT2D eigenvalue weighted by Crippen LogP contribution is -2.15. The van der Waals surface area contributed by atoms with Gasteiger partial charge in [-0.05, 0) is 74.5 Å². The molecule has 0 fully saturated rings. The van der Waals surface area contributed by atoms with Gasteiger partial charge >= 0.3 is 5.91 Å². The molecule has 8 heteroatoms. The number of hydrogen-bond acceptors (Lipinski definition) is 7. The maximum absolute atomic E-state index is 12.9. The molecule has 0 spiro atoms. The standard InChI is InChI=1S/C24H24N4O4/c1-3-30-19-11-7-17(8-12-19)25-22-16-23(26-18-9-13-20(14-10-18)31-4-2)28(27-22)24(29)21-6-5-15-32-21/h5-16,26H,3-4H2,1-2H3,(H,25,27). The van der Waals surface area contributed by atoms with Crippen molar-refractivity contribution in [1.29, 1.82) is 0 Å². The topological polar surface area (TPSA) is 90.5 Å². The van der Waals surface area contributed by atoms with Crippen LogP contribution in [0.25, 0.3) is 0 Å². The van der Waals surface area contributed by atoms with Crippen molar-refractivity contribution in [2.75, 3.05) is 23.8 Å². The molecule has 4 aromatic rings. The average molecular weight is 432 g/mol. The molecule has 2 aromatic heterocycles. The zero-order valence-electron chi connectivity index (χ0n) is 17.9. The second-order valence-electron chi connectivity index (χ2n) is 6.77. The first-order valence-electron chi connectivity index (χ1n) is 10.3. The highest BCUT2D eigenvalue weighted by molar-refractivity contribution is 5.95. The third-order valence-electron chi connectivity index (χ3n) is 4.51. The van der Waals surface area contributed by atoms with E-state index in [9.17, 15) is 4.79 Å². The number of carbonyl (C=O) groups is 1. The number of aromatic nitrogens is 2. The van der Waals surface area contributed by atoms with Crippen molar-refractivity contribution in [3.8, 4) is 11.5 Å². The zero-order valence-corrected chi connectivity index (χ0v) is 17.9. The van der Waals surface area contributed by atoms with E-state index in [-0.39, 0.29) is 11.7 Å². The second-order valence-corrected chi connectivity index (χ2v) is 6.77. The van der Waals surface area contributed by atoms with Gasteiger partial charge in [-0.2, -0.15) is 4.68 Å². The maximum atomic E-state index is 12.9. The zero-order chi connectivity index (χ0) is 22.3. The fourth-order valence-corrected chi connectivity index (χ4v) is 3.09. The van der Waals surface area contributed by atoms with E-state index in [2.05, 4.69) is 15.7 Å². The Kier molecular flexibility index (Phi) is 6.41. The minimum Gasteiger partial charge on any atom is -0.494 e. The van der Waals surface area contributed by atoms with Gasteiger partial charge in [0.05, 0.1) is 19.5 Å². The third-order valence-corrected chi connectivity index (χ3v) is 4.51. The van der Waals surface area contributed by atoms with Crippen molar-refractivity contribution in [1.82, 2.24) is 9.78 Å². The number of carbonyl (C=O) groups excluding carboxylic acids is 1. The number of hydrogen-bond donors (Lipinski definition) is 2. The summed E-state index contributed by atoms with van der Waals surface area (Å²) in [5.74, 6) is 2.36. The van der Waals surface area contributed by atoms with Crippen LogP contribution >= 0.6 is 0 Å². The van der Waals surface area contributed by atoms with Crippen molar-refractivity contribution in [3.63, 3.8) is 0 Å². The molecule has 0 aliphatic carbocycles. The van der Waals surface area contributed by atoms with Gasteiger partial charge in [0.15, 0.2) is 11.6 Å². The van der Waals surface area contributed by atoms with Crippen LogP contribution in [0.2, 0.25) is 0 Å². The Bertz CT molecular complexity index is 1150. The molecule has 0 saturated carbocycles. The fraction of sp³-hybridized carbons (Fsp3) is 0.167. The number of benzene rings is 2. The highest BCUT2D eigenvalue weighted by atomic mass is 16.5. The Labute approximate surface area is 185 Å². The van der Waals surface area contributed by atoms with Gasteiger partial charge in [-0.3, -0.25) is 4.79 Å². The summed E-state index contributed by atoms with van der Waals surface area (Å²) < 4.78 is 17.5. The monoisotopic (exact) mass is 432 g/mol. The minimum absolute atomic E-state index is 0.190. The van der Waals surface area contributed by atoms with Gasteiger partial charge in [0, 0.05) is 17.4 Å². The quantitative estimate of drug-likeness (QED) is 0.363. The number of rotatable bonds is 9. The molecule has 4 rings (SSSR count). The highest BCUT2D eigenvalue weighted by Gasteiger charge is 2.19. The highest BCUT2D eigenvalue weighted by Crippen LogP contribution is 2.26. The number of nitrogens with one attached hydrogen (secondary N) is 2. The van der Waals surface area contributed by atoms with Crippen molar-refractivity contribution in [2.24, 2.45) is 0 Å². The molecule has 0 aliphatic heterocycles. The van der Waals surface area contributed by atoms with Crippen LogP contribution in [-0.2, 0) is 0 Å². The fourth-order valence-electron chi connectivity index (χ4n) is 3.09. The summed E-state index contributed by atoms with van der Waals surface area (Å²) in [5.41, 5.74) is 1.60. The Hall–Kier alpha value is -4.20. The van der Waals surface area contributed by atoms with Crippen LogP contribution < -0.4 is 20.1 Å². The minimum atomic E-state index is -0.386. The Morgan fingerprint density at radius 1 is 0.906 bits per heavy atom. The van der Waals surface area contributed by atoms with Crippen LogP contribution in [0.5, 0.6) is 11.5 Å². The van der Waals surface area contributed by atoms with Gasteiger partial charge in [-0.15, -0.1) is 5.10 Å². The van der Waals surface area contributed by atoms with Crippen LogP contribution in [0.3, 0.4) is 0 Å². The average Bonchev–Trinajstić information content (AvgIpc) is 3.47. The lowest BCUT2D eigenvalue weighted by atomic mass is 10.3. The number of anilines is 4. The number of ether oxygens (including phenoxy) is 2. The summed E-state index contributed by atoms with van der Waals surface area (Å²) in [5, 5.41) is 10.9. The van der Waals surface area contributed by atoms with Gasteiger partial charge in [0.1, 0.15) is 17.3 Å². The Morgan fingerprint density at radius 3 is 2.03 bits per heavy atom. The molecule has 0 atom stereocenters. The van der Waals surface area contributed by atoms with E-state index >= 15 is 0 Å². The molecule has 0 saturated heterocycles. The molecule has 0 radical (unpaired) electrons. The smallest absolute Gasteiger partial charge is 0.315 e. The van der Waals surface area contributed by atoms with Crippen LogP contribution in [-0.4, -0.2) is 28.9 Å². The molecular formula is C24H24N4O4. The van der Waals surface area contributed by atoms with Crippen molar-refractivity contribution in [2.45, 2.75) is 13.8 Å². The van der Waals surface area contributed by atoms with E-state index in [4.69, 9.17) is 13.9 Å². The lowest BCUT2D eigenvalue weighted by molar-refractivity contribution is 0.0920. The van der Waals surface area contributed by atoms with E-state index in [0.29, 0.717) is 24.8 Å². The van der Waals surface area contributed by atoms with Gasteiger partial charge in [0.25, 0.3) is 0 Å². The predicted octanol–water partition coefficient (Wildman–Crippen LogP) is 5.45. The van der Waals surface area contributed by atoms with Gasteiger partial charge < -0.3 is 24.5 Å². The summed E-state index contributed by atoms with van der Waals surface area (Å²) in [6, 6.07) is 20.0. The summed E-state index contributed by atoms with van der Waals surface area (Å²) in [6.07, 6.45) is 1.45. The molecule has 2 N–H and O–H groups in total. The van der Waals surface area contributed by atoms with Gasteiger partial charge in [-0.1, -0.05) is 0 Å². The van der Waals surface area contributed by atoms with Gasteiger partial charge in [0.2, 0.25) is 0 Å². The van der Waals surface area contributed by atoms with E-state index in [1.807, 2.05) is 62.4 Å². The first-order valence-corrected chi connectivity index (χ1v) is 10.3. The Morgan fingerprint density at radius 2 is 1.50 bits per heavy atom. The van der Waals surface area contributed by atoms with E-state index in [1.54, 1.807) is 18.2 Å². The molecule has 0 amide bonds. The van der Waals surface area contributed by atoms with Crippen LogP contribution in [0.4, 0.5) is 23.0 Å². The summed E-state index contributed by atoms with van der Waals surface area (Å²) in [7, 11) is 0. The normalized spacial score (nSPS) is 10.6. The molecule has 0 aliphatic rings. The predicted molar refractivity (Wildman–Crippen MR) is 122 cm³/mol. The van der Waals surface area contributed by atoms with E-state index < -0.39 is 0 Å². The second kappa shape index (κ2) is 9.74. The molecule has 0 bridgehead atoms. The van der Waals surface area contributed by atoms with Gasteiger partial charge in [-0.25, -0.2) is 0 Å². The van der Waals surface area contributed by atoms with Crippen LogP contribution in [0, 0.1) is 0 Å². The molecular weight excluding hydrogens is 408 g/mol. The summed E-state index contributed by atoms with van der Waals surface area (Å²) in [6.45, 7) is 5.07. The van der Waals surface area contributed by atoms with Crippen molar-refractivity contribution < 1.29 is 18.7 Å². The first kappa shape index (κ1) is 21.0. The van der Waals surface area contributed by atoms with Crippen LogP contribution in [0.1, 0.15) is 24.4 Å².